The minimum absolute atomic E-state index is 0.0491. The van der Waals surface area contributed by atoms with Crippen LogP contribution < -0.4 is 0 Å². The van der Waals surface area contributed by atoms with Crippen LogP contribution in [-0.4, -0.2) is 68.5 Å². The maximum Gasteiger partial charge on any atom is 0.308 e. The average molecular weight is 605 g/mol. The van der Waals surface area contributed by atoms with Crippen LogP contribution >= 0.6 is 0 Å². The topological polar surface area (TPSA) is 134 Å². The summed E-state index contributed by atoms with van der Waals surface area (Å²) in [6, 6.07) is 0. The molecule has 0 aromatic carbocycles. The van der Waals surface area contributed by atoms with Crippen molar-refractivity contribution in [2.45, 2.75) is 155 Å². The molecule has 8 heteroatoms. The Morgan fingerprint density at radius 2 is 1.70 bits per heavy atom. The van der Waals surface area contributed by atoms with Crippen molar-refractivity contribution in [1.29, 1.82) is 0 Å². The molecule has 0 aromatic rings. The molecule has 5 aliphatic carbocycles. The van der Waals surface area contributed by atoms with Gasteiger partial charge in [0.25, 0.3) is 0 Å². The molecule has 6 rings (SSSR count). The van der Waals surface area contributed by atoms with Crippen molar-refractivity contribution in [3.8, 4) is 0 Å². The van der Waals surface area contributed by atoms with Crippen LogP contribution in [0.15, 0.2) is 0 Å². The number of hydrogen-bond acceptors (Lipinski definition) is 7. The molecule has 13 atom stereocenters. The van der Waals surface area contributed by atoms with Gasteiger partial charge < -0.3 is 29.9 Å². The first-order chi connectivity index (χ1) is 19.8. The highest BCUT2D eigenvalue weighted by atomic mass is 16.6. The van der Waals surface area contributed by atoms with E-state index >= 15 is 0 Å². The molecule has 0 bridgehead atoms. The molecule has 4 N–H and O–H groups in total. The number of carbonyl (C=O) groups excluding carboxylic acids is 1. The Hall–Kier alpha value is -1.22. The van der Waals surface area contributed by atoms with Crippen LogP contribution in [0, 0.1) is 50.7 Å². The second-order valence-corrected chi connectivity index (χ2v) is 17.5. The van der Waals surface area contributed by atoms with Gasteiger partial charge in [-0.3, -0.25) is 9.59 Å². The lowest BCUT2D eigenvalue weighted by Gasteiger charge is -2.64. The van der Waals surface area contributed by atoms with Crippen molar-refractivity contribution in [2.75, 3.05) is 0 Å². The first-order valence-corrected chi connectivity index (χ1v) is 17.0. The molecule has 0 amide bonds. The molecule has 5 saturated carbocycles. The van der Waals surface area contributed by atoms with E-state index in [0.717, 1.165) is 44.9 Å². The number of carboxylic acid groups (broad SMARTS) is 1. The fourth-order valence-electron chi connectivity index (χ4n) is 12.4. The minimum atomic E-state index is -0.965. The molecule has 6 fully saturated rings. The molecule has 43 heavy (non-hydrogen) atoms. The summed E-state index contributed by atoms with van der Waals surface area (Å²) in [6.45, 7) is 14.4. The zero-order valence-electron chi connectivity index (χ0n) is 27.4. The van der Waals surface area contributed by atoms with E-state index in [1.807, 2.05) is 0 Å². The third-order valence-corrected chi connectivity index (χ3v) is 14.8. The van der Waals surface area contributed by atoms with Crippen LogP contribution in [0.3, 0.4) is 0 Å². The van der Waals surface area contributed by atoms with Gasteiger partial charge in [0.15, 0.2) is 0 Å². The van der Waals surface area contributed by atoms with E-state index in [0.29, 0.717) is 12.8 Å². The predicted molar refractivity (Wildman–Crippen MR) is 160 cm³/mol. The van der Waals surface area contributed by atoms with E-state index in [9.17, 15) is 30.0 Å². The maximum atomic E-state index is 13.4. The lowest BCUT2D eigenvalue weighted by molar-refractivity contribution is -0.203. The summed E-state index contributed by atoms with van der Waals surface area (Å²) >= 11 is 0. The number of aliphatic hydroxyl groups excluding tert-OH is 2. The Kier molecular flexibility index (Phi) is 7.30. The number of hydrogen-bond donors (Lipinski definition) is 4. The Bertz CT molecular complexity index is 1150. The number of carboxylic acids is 1. The largest absolute Gasteiger partial charge is 0.481 e. The van der Waals surface area contributed by atoms with Gasteiger partial charge in [0.1, 0.15) is 6.10 Å². The van der Waals surface area contributed by atoms with Gasteiger partial charge in [0.2, 0.25) is 0 Å². The molecule has 244 valence electrons. The minimum Gasteiger partial charge on any atom is -0.481 e. The van der Waals surface area contributed by atoms with Crippen LogP contribution in [0.1, 0.15) is 119 Å². The third kappa shape index (κ3) is 4.35. The number of esters is 1. The zero-order chi connectivity index (χ0) is 31.5. The Labute approximate surface area is 257 Å². The average Bonchev–Trinajstić information content (AvgIpc) is 3.16. The van der Waals surface area contributed by atoms with Crippen molar-refractivity contribution in [3.05, 3.63) is 0 Å². The van der Waals surface area contributed by atoms with Gasteiger partial charge in [-0.15, -0.1) is 0 Å². The lowest BCUT2D eigenvalue weighted by atomic mass is 9.41. The Morgan fingerprint density at radius 1 is 1.00 bits per heavy atom. The summed E-state index contributed by atoms with van der Waals surface area (Å²) in [4.78, 5) is 24.6. The summed E-state index contributed by atoms with van der Waals surface area (Å²) in [7, 11) is 0. The SMILES string of the molecule is C[C@H](CCC(=O)O)C(=O)O[C@H]1C[C@@]2(C)C3C[C@H](O)[C@H]4C(C)(C)[C@@H](O)CC[C@@]45CC35CC[C@]2(C)[C@H]1C1CC[C@@H](C(C)(C)O)O1. The van der Waals surface area contributed by atoms with Crippen LogP contribution in [0.5, 0.6) is 0 Å². The van der Waals surface area contributed by atoms with Crippen LogP contribution in [0.25, 0.3) is 0 Å². The van der Waals surface area contributed by atoms with Crippen molar-refractivity contribution in [3.63, 3.8) is 0 Å². The molecule has 1 aliphatic heterocycles. The molecule has 2 spiro atoms. The van der Waals surface area contributed by atoms with Crippen LogP contribution in [-0.2, 0) is 19.1 Å². The quantitative estimate of drug-likeness (QED) is 0.295. The molecule has 6 aliphatic rings. The summed E-state index contributed by atoms with van der Waals surface area (Å²) in [5.74, 6) is -1.47. The number of aliphatic hydroxyl groups is 3. The number of ether oxygens (including phenoxy) is 2. The Morgan fingerprint density at radius 3 is 2.33 bits per heavy atom. The van der Waals surface area contributed by atoms with Crippen LogP contribution in [0.2, 0.25) is 0 Å². The fourth-order valence-corrected chi connectivity index (χ4v) is 12.4. The van der Waals surface area contributed by atoms with Gasteiger partial charge in [-0.05, 0) is 117 Å². The highest BCUT2D eigenvalue weighted by Crippen LogP contribution is 2.89. The molecule has 0 aromatic heterocycles. The summed E-state index contributed by atoms with van der Waals surface area (Å²) in [6.07, 6.45) is 6.35. The highest BCUT2D eigenvalue weighted by molar-refractivity contribution is 5.74. The van der Waals surface area contributed by atoms with E-state index in [-0.39, 0.29) is 82.0 Å². The molecule has 1 saturated heterocycles. The number of fused-ring (bicyclic) bond motifs is 2. The standard InChI is InChI=1S/C35H56O8/c1-19(8-11-26(38)39)29(40)43-22-17-33(7)23-16-20(36)28-30(2,3)24(37)12-13-35(28)18-34(23,35)15-14-32(33,6)27(22)21-9-10-25(42-21)31(4,5)41/h19-25,27-28,36-37,41H,8-18H2,1-7H3,(H,38,39)/t19-,20+,21?,22+,23?,24+,25+,27+,28+,32-,33+,34?,35-/m1/s1. The summed E-state index contributed by atoms with van der Waals surface area (Å²) in [5.41, 5.74) is -1.51. The molecule has 3 unspecified atom stereocenters. The molecular weight excluding hydrogens is 548 g/mol. The van der Waals surface area contributed by atoms with E-state index in [2.05, 4.69) is 27.7 Å². The van der Waals surface area contributed by atoms with E-state index in [4.69, 9.17) is 9.47 Å². The predicted octanol–water partition coefficient (Wildman–Crippen LogP) is 5.10. The molecular formula is C35H56O8. The molecule has 0 radical (unpaired) electrons. The van der Waals surface area contributed by atoms with E-state index in [1.165, 1.54) is 0 Å². The van der Waals surface area contributed by atoms with Gasteiger partial charge in [0, 0.05) is 12.3 Å². The summed E-state index contributed by atoms with van der Waals surface area (Å²) in [5, 5.41) is 42.9. The number of rotatable bonds is 7. The molecule has 8 nitrogen and oxygen atoms in total. The third-order valence-electron chi connectivity index (χ3n) is 14.8. The zero-order valence-corrected chi connectivity index (χ0v) is 27.4. The summed E-state index contributed by atoms with van der Waals surface area (Å²) < 4.78 is 13.0. The molecule has 1 heterocycles. The monoisotopic (exact) mass is 604 g/mol. The van der Waals surface area contributed by atoms with Crippen LogP contribution in [0.4, 0.5) is 0 Å². The van der Waals surface area contributed by atoms with Crippen molar-refractivity contribution in [2.24, 2.45) is 50.7 Å². The second kappa shape index (κ2) is 9.89. The van der Waals surface area contributed by atoms with Crippen molar-refractivity contribution in [1.82, 2.24) is 0 Å². The number of aliphatic carboxylic acids is 1. The van der Waals surface area contributed by atoms with Gasteiger partial charge in [-0.2, -0.15) is 0 Å². The second-order valence-electron chi connectivity index (χ2n) is 17.5. The van der Waals surface area contributed by atoms with E-state index < -0.39 is 29.7 Å². The van der Waals surface area contributed by atoms with E-state index in [1.54, 1.807) is 20.8 Å². The fraction of sp³-hybridized carbons (Fsp3) is 0.943. The highest BCUT2D eigenvalue weighted by Gasteiger charge is 2.84. The Balaban J connectivity index is 1.34. The van der Waals surface area contributed by atoms with Gasteiger partial charge in [0.05, 0.1) is 35.9 Å². The van der Waals surface area contributed by atoms with Crippen molar-refractivity contribution < 1.29 is 39.5 Å². The lowest BCUT2D eigenvalue weighted by Crippen LogP contribution is -2.61. The first-order valence-electron chi connectivity index (χ1n) is 17.0. The van der Waals surface area contributed by atoms with Gasteiger partial charge in [-0.1, -0.05) is 34.6 Å². The maximum absolute atomic E-state index is 13.4. The van der Waals surface area contributed by atoms with Crippen molar-refractivity contribution >= 4 is 11.9 Å². The normalized spacial score (nSPS) is 50.6. The smallest absolute Gasteiger partial charge is 0.308 e. The van der Waals surface area contributed by atoms with Gasteiger partial charge in [-0.25, -0.2) is 0 Å². The first kappa shape index (κ1) is 31.7. The number of carbonyl (C=O) groups is 2. The van der Waals surface area contributed by atoms with Gasteiger partial charge >= 0.3 is 11.9 Å².